The van der Waals surface area contributed by atoms with Crippen molar-refractivity contribution in [1.82, 2.24) is 5.32 Å². The number of rotatable bonds is 4. The van der Waals surface area contributed by atoms with Crippen LogP contribution in [-0.2, 0) is 0 Å². The fraction of sp³-hybridized carbons (Fsp3) is 0.533. The normalized spacial score (nSPS) is 29.3. The quantitative estimate of drug-likeness (QED) is 0.585. The lowest BCUT2D eigenvalue weighted by molar-refractivity contribution is -0.384. The molecule has 0 unspecified atom stereocenters. The molecule has 3 rings (SSSR count). The zero-order valence-corrected chi connectivity index (χ0v) is 12.1. The van der Waals surface area contributed by atoms with Crippen molar-refractivity contribution in [3.63, 3.8) is 0 Å². The number of amides is 2. The number of hydrogen-bond acceptors (Lipinski definition) is 4. The Kier molecular flexibility index (Phi) is 3.98. The first-order valence-electron chi connectivity index (χ1n) is 7.51. The van der Waals surface area contributed by atoms with Crippen LogP contribution in [0.5, 0.6) is 0 Å². The molecule has 2 fully saturated rings. The minimum Gasteiger partial charge on any atom is -0.396 e. The van der Waals surface area contributed by atoms with Crippen LogP contribution < -0.4 is 10.6 Å². The number of non-ortho nitro benzene ring substituents is 1. The average Bonchev–Trinajstić information content (AvgIpc) is 3.08. The summed E-state index contributed by atoms with van der Waals surface area (Å²) in [4.78, 5) is 22.4. The van der Waals surface area contributed by atoms with Gasteiger partial charge in [0.25, 0.3) is 5.69 Å². The molecule has 0 aromatic heterocycles. The van der Waals surface area contributed by atoms with E-state index in [1.54, 1.807) is 6.07 Å². The molecule has 7 heteroatoms. The highest BCUT2D eigenvalue weighted by Gasteiger charge is 2.47. The number of anilines is 1. The van der Waals surface area contributed by atoms with Crippen LogP contribution >= 0.6 is 0 Å². The molecule has 0 radical (unpaired) electrons. The standard InChI is InChI=1S/C15H19N3O4/c19-8-13-9-4-5-10(6-9)14(13)17-15(20)16-11-2-1-3-12(7-11)18(21)22/h1-3,7,9-10,13-14,19H,4-6,8H2,(H2,16,17,20)/t9-,10-,13-,14+/m0/s1. The minimum atomic E-state index is -0.499. The SMILES string of the molecule is O=C(Nc1cccc([N+](=O)[O-])c1)N[C@@H]1[C@H]2CC[C@@H](C2)[C@@H]1CO. The maximum absolute atomic E-state index is 12.1. The second-order valence-electron chi connectivity index (χ2n) is 6.11. The molecule has 22 heavy (non-hydrogen) atoms. The first-order chi connectivity index (χ1) is 10.6. The molecule has 2 saturated carbocycles. The highest BCUT2D eigenvalue weighted by molar-refractivity contribution is 5.89. The van der Waals surface area contributed by atoms with Gasteiger partial charge in [-0.2, -0.15) is 0 Å². The smallest absolute Gasteiger partial charge is 0.319 e. The maximum atomic E-state index is 12.1. The Labute approximate surface area is 127 Å². The van der Waals surface area contributed by atoms with Crippen LogP contribution in [0.1, 0.15) is 19.3 Å². The van der Waals surface area contributed by atoms with E-state index in [1.807, 2.05) is 0 Å². The number of urea groups is 1. The Morgan fingerprint density at radius 3 is 2.86 bits per heavy atom. The summed E-state index contributed by atoms with van der Waals surface area (Å²) >= 11 is 0. The molecule has 2 aliphatic carbocycles. The lowest BCUT2D eigenvalue weighted by Crippen LogP contribution is -2.46. The number of hydrogen-bond donors (Lipinski definition) is 3. The van der Waals surface area contributed by atoms with Gasteiger partial charge in [0.1, 0.15) is 0 Å². The second-order valence-corrected chi connectivity index (χ2v) is 6.11. The van der Waals surface area contributed by atoms with Crippen molar-refractivity contribution in [1.29, 1.82) is 0 Å². The molecule has 1 aromatic carbocycles. The number of nitrogens with one attached hydrogen (secondary N) is 2. The van der Waals surface area contributed by atoms with Crippen molar-refractivity contribution < 1.29 is 14.8 Å². The van der Waals surface area contributed by atoms with Crippen molar-refractivity contribution >= 4 is 17.4 Å². The van der Waals surface area contributed by atoms with E-state index in [0.717, 1.165) is 19.3 Å². The van der Waals surface area contributed by atoms with Gasteiger partial charge >= 0.3 is 6.03 Å². The number of carbonyl (C=O) groups is 1. The summed E-state index contributed by atoms with van der Waals surface area (Å²) in [7, 11) is 0. The van der Waals surface area contributed by atoms with E-state index in [-0.39, 0.29) is 30.3 Å². The van der Waals surface area contributed by atoms with Crippen molar-refractivity contribution in [3.8, 4) is 0 Å². The van der Waals surface area contributed by atoms with Gasteiger partial charge < -0.3 is 15.7 Å². The van der Waals surface area contributed by atoms with Crippen molar-refractivity contribution in [2.24, 2.45) is 17.8 Å². The predicted octanol–water partition coefficient (Wildman–Crippen LogP) is 2.12. The van der Waals surface area contributed by atoms with Crippen LogP contribution in [0.3, 0.4) is 0 Å². The van der Waals surface area contributed by atoms with E-state index in [9.17, 15) is 20.0 Å². The van der Waals surface area contributed by atoms with Gasteiger partial charge in [0, 0.05) is 36.4 Å². The van der Waals surface area contributed by atoms with Crippen molar-refractivity contribution in [3.05, 3.63) is 34.4 Å². The van der Waals surface area contributed by atoms with Crippen LogP contribution in [0.2, 0.25) is 0 Å². The highest BCUT2D eigenvalue weighted by Crippen LogP contribution is 2.48. The minimum absolute atomic E-state index is 0.0116. The van der Waals surface area contributed by atoms with Crippen molar-refractivity contribution in [2.75, 3.05) is 11.9 Å². The Morgan fingerprint density at radius 1 is 1.36 bits per heavy atom. The first kappa shape index (κ1) is 14.8. The van der Waals surface area contributed by atoms with E-state index in [4.69, 9.17) is 0 Å². The van der Waals surface area contributed by atoms with E-state index in [1.165, 1.54) is 18.2 Å². The van der Waals surface area contributed by atoms with Crippen molar-refractivity contribution in [2.45, 2.75) is 25.3 Å². The summed E-state index contributed by atoms with van der Waals surface area (Å²) in [5, 5.41) is 25.8. The first-order valence-corrected chi connectivity index (χ1v) is 7.51. The van der Waals surface area contributed by atoms with Gasteiger partial charge in [0.05, 0.1) is 4.92 Å². The predicted molar refractivity (Wildman–Crippen MR) is 80.4 cm³/mol. The fourth-order valence-corrected chi connectivity index (χ4v) is 3.91. The molecule has 0 aliphatic heterocycles. The summed E-state index contributed by atoms with van der Waals surface area (Å²) in [6.07, 6.45) is 3.27. The molecule has 1 aromatic rings. The summed E-state index contributed by atoms with van der Waals surface area (Å²) in [6, 6.07) is 5.45. The third-order valence-corrected chi connectivity index (χ3v) is 4.91. The number of fused-ring (bicyclic) bond motifs is 2. The lowest BCUT2D eigenvalue weighted by atomic mass is 9.85. The Hall–Kier alpha value is -2.15. The molecule has 3 N–H and O–H groups in total. The molecule has 7 nitrogen and oxygen atoms in total. The molecule has 2 aliphatic rings. The summed E-state index contributed by atoms with van der Waals surface area (Å²) in [5.41, 5.74) is 0.321. The Morgan fingerprint density at radius 2 is 2.14 bits per heavy atom. The third-order valence-electron chi connectivity index (χ3n) is 4.91. The van der Waals surface area contributed by atoms with Gasteiger partial charge in [-0.3, -0.25) is 10.1 Å². The number of nitro benzene ring substituents is 1. The van der Waals surface area contributed by atoms with E-state index >= 15 is 0 Å². The monoisotopic (exact) mass is 305 g/mol. The van der Waals surface area contributed by atoms with Gasteiger partial charge in [0.15, 0.2) is 0 Å². The Bertz CT molecular complexity index is 592. The summed E-state index contributed by atoms with van der Waals surface area (Å²) in [6.45, 7) is 0.0862. The molecular weight excluding hydrogens is 286 g/mol. The largest absolute Gasteiger partial charge is 0.396 e. The van der Waals surface area contributed by atoms with E-state index in [0.29, 0.717) is 17.5 Å². The number of carbonyl (C=O) groups excluding carboxylic acids is 1. The van der Waals surface area contributed by atoms with Gasteiger partial charge in [-0.15, -0.1) is 0 Å². The topological polar surface area (TPSA) is 104 Å². The summed E-state index contributed by atoms with van der Waals surface area (Å²) < 4.78 is 0. The van der Waals surface area contributed by atoms with Gasteiger partial charge in [-0.1, -0.05) is 6.07 Å². The second kappa shape index (κ2) is 5.92. The molecule has 0 heterocycles. The number of benzene rings is 1. The molecule has 0 saturated heterocycles. The highest BCUT2D eigenvalue weighted by atomic mass is 16.6. The molecule has 0 spiro atoms. The molecular formula is C15H19N3O4. The average molecular weight is 305 g/mol. The van der Waals surface area contributed by atoms with E-state index < -0.39 is 4.92 Å². The maximum Gasteiger partial charge on any atom is 0.319 e. The van der Waals surface area contributed by atoms with Crippen LogP contribution in [0.15, 0.2) is 24.3 Å². The molecule has 4 atom stereocenters. The molecule has 2 bridgehead atoms. The van der Waals surface area contributed by atoms with Crippen LogP contribution in [0.25, 0.3) is 0 Å². The number of aliphatic hydroxyl groups excluding tert-OH is 1. The molecule has 118 valence electrons. The summed E-state index contributed by atoms with van der Waals surface area (Å²) in [5.74, 6) is 1.05. The van der Waals surface area contributed by atoms with Gasteiger partial charge in [-0.25, -0.2) is 4.79 Å². The zero-order chi connectivity index (χ0) is 15.7. The Balaban J connectivity index is 1.63. The van der Waals surface area contributed by atoms with Crippen LogP contribution in [0.4, 0.5) is 16.2 Å². The van der Waals surface area contributed by atoms with Crippen LogP contribution in [-0.4, -0.2) is 28.7 Å². The molecule has 2 amide bonds. The van der Waals surface area contributed by atoms with E-state index in [2.05, 4.69) is 10.6 Å². The van der Waals surface area contributed by atoms with Crippen LogP contribution in [0, 0.1) is 27.9 Å². The number of nitro groups is 1. The zero-order valence-electron chi connectivity index (χ0n) is 12.1. The third kappa shape index (κ3) is 2.76. The van der Waals surface area contributed by atoms with Gasteiger partial charge in [0.2, 0.25) is 0 Å². The number of nitrogens with zero attached hydrogens (tertiary/aromatic N) is 1. The van der Waals surface area contributed by atoms with Gasteiger partial charge in [-0.05, 0) is 37.2 Å². The fourth-order valence-electron chi connectivity index (χ4n) is 3.91. The lowest BCUT2D eigenvalue weighted by Gasteiger charge is -2.30. The number of aliphatic hydroxyl groups is 1.